The number of hydrazone groups is 1. The Balaban J connectivity index is 1.95. The van der Waals surface area contributed by atoms with Crippen molar-refractivity contribution in [2.24, 2.45) is 5.10 Å². The summed E-state index contributed by atoms with van der Waals surface area (Å²) >= 11 is 0. The van der Waals surface area contributed by atoms with Gasteiger partial charge in [0.2, 0.25) is 11.8 Å². The Kier molecular flexibility index (Phi) is 4.88. The Hall–Kier alpha value is -3.75. The molecule has 0 atom stereocenters. The fraction of sp³-hybridized carbons (Fsp3) is 0.118. The first kappa shape index (κ1) is 17.1. The summed E-state index contributed by atoms with van der Waals surface area (Å²) in [5.41, 5.74) is 3.52. The van der Waals surface area contributed by atoms with E-state index in [-0.39, 0.29) is 23.1 Å². The number of para-hydroxylation sites is 1. The van der Waals surface area contributed by atoms with Gasteiger partial charge < -0.3 is 9.32 Å². The monoisotopic (exact) mass is 352 g/mol. The van der Waals surface area contributed by atoms with Gasteiger partial charge in [-0.1, -0.05) is 18.2 Å². The number of furan rings is 1. The molecule has 26 heavy (non-hydrogen) atoms. The van der Waals surface area contributed by atoms with Crippen molar-refractivity contribution in [2.75, 3.05) is 17.4 Å². The molecule has 9 heteroatoms. The molecule has 0 unspecified atom stereocenters. The topological polar surface area (TPSA) is 110 Å². The van der Waals surface area contributed by atoms with E-state index in [0.717, 1.165) is 5.69 Å². The van der Waals surface area contributed by atoms with Crippen LogP contribution in [0.15, 0.2) is 58.2 Å². The van der Waals surface area contributed by atoms with E-state index >= 15 is 0 Å². The van der Waals surface area contributed by atoms with Gasteiger partial charge in [-0.25, -0.2) is 10.4 Å². The van der Waals surface area contributed by atoms with Gasteiger partial charge >= 0.3 is 5.69 Å². The summed E-state index contributed by atoms with van der Waals surface area (Å²) in [5, 5.41) is 15.5. The van der Waals surface area contributed by atoms with Gasteiger partial charge in [0.25, 0.3) is 0 Å². The molecular formula is C17H16N6O3. The molecule has 2 aromatic heterocycles. The molecular weight excluding hydrogens is 336 g/mol. The molecule has 3 rings (SSSR count). The zero-order chi connectivity index (χ0) is 18.5. The highest BCUT2D eigenvalue weighted by molar-refractivity contribution is 5.76. The minimum absolute atomic E-state index is 0.147. The van der Waals surface area contributed by atoms with Gasteiger partial charge in [0.05, 0.1) is 17.4 Å². The zero-order valence-corrected chi connectivity index (χ0v) is 14.2. The number of hydrogen-bond acceptors (Lipinski definition) is 8. The van der Waals surface area contributed by atoms with Crippen molar-refractivity contribution >= 4 is 29.4 Å². The highest BCUT2D eigenvalue weighted by Crippen LogP contribution is 2.33. The standard InChI is InChI=1S/C17H16N6O3/c1-12-15(23(24)25)16(22(2)13-7-4-3-5-8-13)20-17(19-12)21-18-11-14-9-6-10-26-14/h3-11H,1-2H3,(H,19,20,21)/b18-11-. The van der Waals surface area contributed by atoms with Crippen LogP contribution in [0.2, 0.25) is 0 Å². The van der Waals surface area contributed by atoms with E-state index < -0.39 is 4.92 Å². The molecule has 0 aliphatic rings. The number of benzene rings is 1. The third-order valence-electron chi connectivity index (χ3n) is 3.58. The van der Waals surface area contributed by atoms with E-state index in [1.807, 2.05) is 30.3 Å². The maximum Gasteiger partial charge on any atom is 0.333 e. The molecule has 1 aromatic carbocycles. The number of aromatic nitrogens is 2. The van der Waals surface area contributed by atoms with Gasteiger partial charge in [-0.15, -0.1) is 0 Å². The van der Waals surface area contributed by atoms with Gasteiger partial charge in [0.15, 0.2) is 0 Å². The first-order valence-electron chi connectivity index (χ1n) is 7.70. The Morgan fingerprint density at radius 2 is 2.00 bits per heavy atom. The minimum Gasteiger partial charge on any atom is -0.463 e. The van der Waals surface area contributed by atoms with Crippen molar-refractivity contribution in [1.29, 1.82) is 0 Å². The molecule has 9 nitrogen and oxygen atoms in total. The van der Waals surface area contributed by atoms with Gasteiger partial charge in [-0.2, -0.15) is 10.1 Å². The Labute approximate surface area is 149 Å². The van der Waals surface area contributed by atoms with Gasteiger partial charge in [-0.3, -0.25) is 10.1 Å². The lowest BCUT2D eigenvalue weighted by Gasteiger charge is -2.19. The van der Waals surface area contributed by atoms with Crippen molar-refractivity contribution in [3.8, 4) is 0 Å². The highest BCUT2D eigenvalue weighted by atomic mass is 16.6. The van der Waals surface area contributed by atoms with Gasteiger partial charge in [0.1, 0.15) is 11.5 Å². The number of nitrogens with one attached hydrogen (secondary N) is 1. The Bertz CT molecular complexity index is 925. The number of nitrogens with zero attached hydrogens (tertiary/aromatic N) is 5. The average molecular weight is 352 g/mol. The van der Waals surface area contributed by atoms with Crippen molar-refractivity contribution in [2.45, 2.75) is 6.92 Å². The van der Waals surface area contributed by atoms with Crippen LogP contribution in [-0.4, -0.2) is 28.2 Å². The molecule has 0 bridgehead atoms. The number of aryl methyl sites for hydroxylation is 1. The summed E-state index contributed by atoms with van der Waals surface area (Å²) in [7, 11) is 1.71. The number of rotatable bonds is 6. The maximum atomic E-state index is 11.5. The van der Waals surface area contributed by atoms with Crippen LogP contribution in [0.3, 0.4) is 0 Å². The van der Waals surface area contributed by atoms with Crippen molar-refractivity contribution in [3.63, 3.8) is 0 Å². The lowest BCUT2D eigenvalue weighted by atomic mass is 10.2. The minimum atomic E-state index is -0.486. The van der Waals surface area contributed by atoms with Gasteiger partial charge in [0, 0.05) is 12.7 Å². The zero-order valence-electron chi connectivity index (χ0n) is 14.2. The first-order chi connectivity index (χ1) is 12.6. The maximum absolute atomic E-state index is 11.5. The van der Waals surface area contributed by atoms with E-state index in [2.05, 4.69) is 20.5 Å². The van der Waals surface area contributed by atoms with Crippen LogP contribution < -0.4 is 10.3 Å². The SMILES string of the molecule is Cc1nc(N/N=C\c2ccco2)nc(N(C)c2ccccc2)c1[N+](=O)[O-]. The molecule has 0 fully saturated rings. The smallest absolute Gasteiger partial charge is 0.333 e. The van der Waals surface area contributed by atoms with E-state index in [1.165, 1.54) is 12.5 Å². The van der Waals surface area contributed by atoms with Crippen LogP contribution in [0.5, 0.6) is 0 Å². The lowest BCUT2D eigenvalue weighted by Crippen LogP contribution is -2.16. The molecule has 132 valence electrons. The fourth-order valence-electron chi connectivity index (χ4n) is 2.34. The number of hydrogen-bond donors (Lipinski definition) is 1. The molecule has 0 aliphatic carbocycles. The molecule has 0 radical (unpaired) electrons. The van der Waals surface area contributed by atoms with Crippen LogP contribution in [0, 0.1) is 17.0 Å². The van der Waals surface area contributed by atoms with Crippen molar-refractivity contribution in [1.82, 2.24) is 9.97 Å². The molecule has 3 aromatic rings. The van der Waals surface area contributed by atoms with Crippen LogP contribution in [0.1, 0.15) is 11.5 Å². The molecule has 0 saturated heterocycles. The number of nitro groups is 1. The van der Waals surface area contributed by atoms with Crippen LogP contribution in [0.4, 0.5) is 23.1 Å². The van der Waals surface area contributed by atoms with E-state index in [1.54, 1.807) is 31.0 Å². The summed E-state index contributed by atoms with van der Waals surface area (Å²) < 4.78 is 5.14. The molecule has 0 aliphatic heterocycles. The second-order valence-electron chi connectivity index (χ2n) is 5.34. The summed E-state index contributed by atoms with van der Waals surface area (Å²) in [4.78, 5) is 21.0. The first-order valence-corrected chi connectivity index (χ1v) is 7.70. The Morgan fingerprint density at radius 3 is 2.65 bits per heavy atom. The quantitative estimate of drug-likeness (QED) is 0.411. The predicted octanol–water partition coefficient (Wildman–Crippen LogP) is 3.50. The normalized spacial score (nSPS) is 10.8. The third-order valence-corrected chi connectivity index (χ3v) is 3.58. The predicted molar refractivity (Wildman–Crippen MR) is 97.9 cm³/mol. The molecule has 1 N–H and O–H groups in total. The molecule has 0 amide bonds. The molecule has 0 spiro atoms. The number of anilines is 3. The van der Waals surface area contributed by atoms with E-state index in [0.29, 0.717) is 5.76 Å². The van der Waals surface area contributed by atoms with Crippen LogP contribution in [-0.2, 0) is 0 Å². The van der Waals surface area contributed by atoms with Crippen LogP contribution >= 0.6 is 0 Å². The summed E-state index contributed by atoms with van der Waals surface area (Å²) in [6.45, 7) is 1.56. The largest absolute Gasteiger partial charge is 0.463 e. The lowest BCUT2D eigenvalue weighted by molar-refractivity contribution is -0.385. The molecule has 2 heterocycles. The summed E-state index contributed by atoms with van der Waals surface area (Å²) in [5.74, 6) is 0.871. The highest BCUT2D eigenvalue weighted by Gasteiger charge is 2.25. The van der Waals surface area contributed by atoms with Crippen LogP contribution in [0.25, 0.3) is 0 Å². The average Bonchev–Trinajstić information content (AvgIpc) is 3.14. The van der Waals surface area contributed by atoms with E-state index in [4.69, 9.17) is 4.42 Å². The van der Waals surface area contributed by atoms with Crippen molar-refractivity contribution < 1.29 is 9.34 Å². The molecule has 0 saturated carbocycles. The Morgan fingerprint density at radius 1 is 1.23 bits per heavy atom. The second-order valence-corrected chi connectivity index (χ2v) is 5.34. The fourth-order valence-corrected chi connectivity index (χ4v) is 2.34. The summed E-state index contributed by atoms with van der Waals surface area (Å²) in [6, 6.07) is 12.7. The third kappa shape index (κ3) is 3.66. The van der Waals surface area contributed by atoms with Crippen molar-refractivity contribution in [3.05, 3.63) is 70.3 Å². The second kappa shape index (κ2) is 7.43. The summed E-state index contributed by atoms with van der Waals surface area (Å²) in [6.07, 6.45) is 2.99. The van der Waals surface area contributed by atoms with E-state index in [9.17, 15) is 10.1 Å². The van der Waals surface area contributed by atoms with Gasteiger partial charge in [-0.05, 0) is 31.2 Å².